The SMILES string of the molecule is CCNC(=O)c1ccc(C)c(NC(=O)c2cccc3c2CCCN3)c1.Cl. The quantitative estimate of drug-likeness (QED) is 0.763. The van der Waals surface area contributed by atoms with Crippen LogP contribution in [-0.2, 0) is 6.42 Å². The molecule has 0 bridgehead atoms. The second kappa shape index (κ2) is 8.72. The van der Waals surface area contributed by atoms with Gasteiger partial charge in [0.05, 0.1) is 0 Å². The number of nitrogens with one attached hydrogen (secondary N) is 3. The first-order chi connectivity index (χ1) is 12.1. The summed E-state index contributed by atoms with van der Waals surface area (Å²) in [4.78, 5) is 24.8. The summed E-state index contributed by atoms with van der Waals surface area (Å²) in [5.41, 5.74) is 4.90. The molecular formula is C20H24ClN3O2. The van der Waals surface area contributed by atoms with Crippen molar-refractivity contribution in [2.24, 2.45) is 0 Å². The highest BCUT2D eigenvalue weighted by molar-refractivity contribution is 6.07. The molecule has 1 aliphatic heterocycles. The third kappa shape index (κ3) is 4.17. The van der Waals surface area contributed by atoms with Crippen LogP contribution in [0.15, 0.2) is 36.4 Å². The lowest BCUT2D eigenvalue weighted by Crippen LogP contribution is -2.23. The van der Waals surface area contributed by atoms with Crippen molar-refractivity contribution < 1.29 is 9.59 Å². The first-order valence-electron chi connectivity index (χ1n) is 8.66. The van der Waals surface area contributed by atoms with Gasteiger partial charge in [-0.05, 0) is 62.1 Å². The van der Waals surface area contributed by atoms with Gasteiger partial charge in [0.2, 0.25) is 0 Å². The molecular weight excluding hydrogens is 350 g/mol. The maximum Gasteiger partial charge on any atom is 0.256 e. The lowest BCUT2D eigenvalue weighted by atomic mass is 9.97. The Morgan fingerprint density at radius 1 is 1.15 bits per heavy atom. The van der Waals surface area contributed by atoms with Gasteiger partial charge in [0.25, 0.3) is 11.8 Å². The van der Waals surface area contributed by atoms with E-state index < -0.39 is 0 Å². The molecule has 5 nitrogen and oxygen atoms in total. The number of carbonyl (C=O) groups excluding carboxylic acids is 2. The molecule has 0 unspecified atom stereocenters. The molecule has 2 amide bonds. The van der Waals surface area contributed by atoms with Crippen molar-refractivity contribution >= 4 is 35.6 Å². The summed E-state index contributed by atoms with van der Waals surface area (Å²) in [5, 5.41) is 9.08. The summed E-state index contributed by atoms with van der Waals surface area (Å²) < 4.78 is 0. The molecule has 0 saturated heterocycles. The van der Waals surface area contributed by atoms with E-state index in [1.807, 2.05) is 38.1 Å². The van der Waals surface area contributed by atoms with Crippen LogP contribution in [0.1, 0.15) is 45.2 Å². The van der Waals surface area contributed by atoms with Gasteiger partial charge in [-0.3, -0.25) is 9.59 Å². The smallest absolute Gasteiger partial charge is 0.256 e. The van der Waals surface area contributed by atoms with Gasteiger partial charge >= 0.3 is 0 Å². The van der Waals surface area contributed by atoms with E-state index in [1.54, 1.807) is 12.1 Å². The molecule has 1 heterocycles. The van der Waals surface area contributed by atoms with Crippen molar-refractivity contribution in [3.05, 3.63) is 58.7 Å². The largest absolute Gasteiger partial charge is 0.385 e. The molecule has 0 aromatic heterocycles. The van der Waals surface area contributed by atoms with Crippen molar-refractivity contribution in [1.29, 1.82) is 0 Å². The summed E-state index contributed by atoms with van der Waals surface area (Å²) in [6, 6.07) is 11.1. The fourth-order valence-electron chi connectivity index (χ4n) is 3.07. The van der Waals surface area contributed by atoms with Gasteiger partial charge in [-0.1, -0.05) is 12.1 Å². The maximum absolute atomic E-state index is 12.8. The van der Waals surface area contributed by atoms with Gasteiger partial charge in [0.15, 0.2) is 0 Å². The van der Waals surface area contributed by atoms with Crippen molar-refractivity contribution in [3.8, 4) is 0 Å². The number of fused-ring (bicyclic) bond motifs is 1. The fraction of sp³-hybridized carbons (Fsp3) is 0.300. The molecule has 1 aliphatic rings. The van der Waals surface area contributed by atoms with E-state index >= 15 is 0 Å². The first-order valence-corrected chi connectivity index (χ1v) is 8.66. The number of halogens is 1. The molecule has 0 spiro atoms. The number of amides is 2. The van der Waals surface area contributed by atoms with Gasteiger partial charge in [-0.15, -0.1) is 12.4 Å². The topological polar surface area (TPSA) is 70.2 Å². The fourth-order valence-corrected chi connectivity index (χ4v) is 3.07. The molecule has 0 saturated carbocycles. The Morgan fingerprint density at radius 3 is 2.73 bits per heavy atom. The summed E-state index contributed by atoms with van der Waals surface area (Å²) in [7, 11) is 0. The second-order valence-corrected chi connectivity index (χ2v) is 6.21. The molecule has 2 aromatic rings. The molecule has 138 valence electrons. The van der Waals surface area contributed by atoms with Crippen LogP contribution in [-0.4, -0.2) is 24.9 Å². The second-order valence-electron chi connectivity index (χ2n) is 6.21. The lowest BCUT2D eigenvalue weighted by molar-refractivity contribution is 0.0954. The Bertz CT molecular complexity index is 821. The molecule has 3 N–H and O–H groups in total. The van der Waals surface area contributed by atoms with Crippen molar-refractivity contribution in [2.45, 2.75) is 26.7 Å². The summed E-state index contributed by atoms with van der Waals surface area (Å²) in [5.74, 6) is -0.281. The van der Waals surface area contributed by atoms with Crippen LogP contribution in [0.3, 0.4) is 0 Å². The van der Waals surface area contributed by atoms with E-state index in [4.69, 9.17) is 0 Å². The van der Waals surface area contributed by atoms with E-state index in [2.05, 4.69) is 16.0 Å². The molecule has 0 radical (unpaired) electrons. The molecule has 0 atom stereocenters. The minimum Gasteiger partial charge on any atom is -0.385 e. The van der Waals surface area contributed by atoms with Crippen LogP contribution in [0.4, 0.5) is 11.4 Å². The summed E-state index contributed by atoms with van der Waals surface area (Å²) >= 11 is 0. The van der Waals surface area contributed by atoms with Gasteiger partial charge in [-0.2, -0.15) is 0 Å². The Labute approximate surface area is 160 Å². The number of carbonyl (C=O) groups is 2. The Balaban J connectivity index is 0.00000243. The zero-order chi connectivity index (χ0) is 17.8. The van der Waals surface area contributed by atoms with Crippen LogP contribution < -0.4 is 16.0 Å². The lowest BCUT2D eigenvalue weighted by Gasteiger charge is -2.21. The Hall–Kier alpha value is -2.53. The normalized spacial score (nSPS) is 12.2. The number of benzene rings is 2. The molecule has 3 rings (SSSR count). The molecule has 26 heavy (non-hydrogen) atoms. The average Bonchev–Trinajstić information content (AvgIpc) is 2.63. The average molecular weight is 374 g/mol. The first kappa shape index (κ1) is 19.8. The Morgan fingerprint density at radius 2 is 1.96 bits per heavy atom. The highest BCUT2D eigenvalue weighted by atomic mass is 35.5. The maximum atomic E-state index is 12.8. The number of anilines is 2. The van der Waals surface area contributed by atoms with Crippen molar-refractivity contribution in [3.63, 3.8) is 0 Å². The zero-order valence-corrected chi connectivity index (χ0v) is 15.8. The van der Waals surface area contributed by atoms with Gasteiger partial charge in [0.1, 0.15) is 0 Å². The molecule has 6 heteroatoms. The zero-order valence-electron chi connectivity index (χ0n) is 15.0. The highest BCUT2D eigenvalue weighted by Gasteiger charge is 2.18. The van der Waals surface area contributed by atoms with E-state index in [0.29, 0.717) is 23.4 Å². The van der Waals surface area contributed by atoms with Crippen LogP contribution in [0, 0.1) is 6.92 Å². The van der Waals surface area contributed by atoms with E-state index in [1.165, 1.54) is 0 Å². The van der Waals surface area contributed by atoms with Crippen molar-refractivity contribution in [1.82, 2.24) is 5.32 Å². The summed E-state index contributed by atoms with van der Waals surface area (Å²) in [6.07, 6.45) is 1.91. The van der Waals surface area contributed by atoms with Gasteiger partial charge < -0.3 is 16.0 Å². The monoisotopic (exact) mass is 373 g/mol. The predicted molar refractivity (Wildman–Crippen MR) is 108 cm³/mol. The minimum atomic E-state index is -0.142. The standard InChI is InChI=1S/C20H23N3O2.ClH/c1-3-21-19(24)14-10-9-13(2)18(12-14)23-20(25)16-6-4-8-17-15(16)7-5-11-22-17;/h4,6,8-10,12,22H,3,5,7,11H2,1-2H3,(H,21,24)(H,23,25);1H. The molecule has 0 aliphatic carbocycles. The van der Waals surface area contributed by atoms with Crippen LogP contribution in [0.2, 0.25) is 0 Å². The van der Waals surface area contributed by atoms with E-state index in [9.17, 15) is 9.59 Å². The van der Waals surface area contributed by atoms with Crippen LogP contribution >= 0.6 is 12.4 Å². The Kier molecular flexibility index (Phi) is 6.64. The minimum absolute atomic E-state index is 0. The van der Waals surface area contributed by atoms with Gasteiger partial charge in [-0.25, -0.2) is 0 Å². The highest BCUT2D eigenvalue weighted by Crippen LogP contribution is 2.26. The number of rotatable bonds is 4. The number of hydrogen-bond donors (Lipinski definition) is 3. The van der Waals surface area contributed by atoms with E-state index in [-0.39, 0.29) is 24.2 Å². The summed E-state index contributed by atoms with van der Waals surface area (Å²) in [6.45, 7) is 5.30. The van der Waals surface area contributed by atoms with Crippen LogP contribution in [0.25, 0.3) is 0 Å². The van der Waals surface area contributed by atoms with Gasteiger partial charge in [0, 0.05) is 35.6 Å². The van der Waals surface area contributed by atoms with Crippen molar-refractivity contribution in [2.75, 3.05) is 23.7 Å². The molecule has 0 fully saturated rings. The molecule has 2 aromatic carbocycles. The van der Waals surface area contributed by atoms with Crippen LogP contribution in [0.5, 0.6) is 0 Å². The third-order valence-corrected chi connectivity index (χ3v) is 4.42. The predicted octanol–water partition coefficient (Wildman–Crippen LogP) is 3.78. The third-order valence-electron chi connectivity index (χ3n) is 4.42. The number of hydrogen-bond acceptors (Lipinski definition) is 3. The van der Waals surface area contributed by atoms with E-state index in [0.717, 1.165) is 36.2 Å². The number of aryl methyl sites for hydroxylation is 1.